The van der Waals surface area contributed by atoms with Crippen molar-refractivity contribution in [3.63, 3.8) is 0 Å². The first-order valence-electron chi connectivity index (χ1n) is 6.34. The minimum absolute atomic E-state index is 0. The maximum Gasteiger partial charge on any atom is 0.352 e. The second-order valence-electron chi connectivity index (χ2n) is 4.23. The molecule has 0 fully saturated rings. The van der Waals surface area contributed by atoms with Crippen LogP contribution in [0.2, 0.25) is 0 Å². The number of amides is 2. The Labute approximate surface area is 142 Å². The summed E-state index contributed by atoms with van der Waals surface area (Å²) >= 11 is 0. The van der Waals surface area contributed by atoms with Gasteiger partial charge in [0.25, 0.3) is 0 Å². The van der Waals surface area contributed by atoms with E-state index < -0.39 is 6.03 Å². The summed E-state index contributed by atoms with van der Waals surface area (Å²) in [6.45, 7) is 3.90. The second-order valence-corrected chi connectivity index (χ2v) is 4.23. The van der Waals surface area contributed by atoms with E-state index in [1.165, 1.54) is 7.11 Å². The third-order valence-electron chi connectivity index (χ3n) is 2.91. The molecule has 0 saturated heterocycles. The Morgan fingerprint density at radius 3 is 2.05 bits per heavy atom. The van der Waals surface area contributed by atoms with Crippen molar-refractivity contribution in [3.05, 3.63) is 23.3 Å². The number of carbonyl (C=O) groups excluding carboxylic acids is 1. The first-order chi connectivity index (χ1) is 9.46. The van der Waals surface area contributed by atoms with Crippen LogP contribution in [0.5, 0.6) is 0 Å². The highest BCUT2D eigenvalue weighted by Crippen LogP contribution is 2.29. The number of nitrogens with one attached hydrogen (secondary N) is 2. The molecule has 0 aromatic heterocycles. The maximum atomic E-state index is 12.0. The standard InChI is InChI=1S/C13H21N5O2.2ClH/c1-4-8-6-10(14)7-9(5-2)11(8)18(12(15)16)13(19)17-20-3;;/h6-7H,4-5,14H2,1-3H3,(H3,15,16)(H,17,19);2*1H. The van der Waals surface area contributed by atoms with Gasteiger partial charge in [-0.1, -0.05) is 13.8 Å². The first-order valence-corrected chi connectivity index (χ1v) is 6.34. The minimum atomic E-state index is -0.617. The number of carbonyl (C=O) groups is 1. The fourth-order valence-corrected chi connectivity index (χ4v) is 2.08. The number of anilines is 2. The summed E-state index contributed by atoms with van der Waals surface area (Å²) in [5.74, 6) is -0.381. The molecule has 0 aliphatic carbocycles. The monoisotopic (exact) mass is 351 g/mol. The van der Waals surface area contributed by atoms with E-state index in [1.807, 2.05) is 13.8 Å². The number of aryl methyl sites for hydroxylation is 2. The number of benzene rings is 1. The zero-order chi connectivity index (χ0) is 15.3. The van der Waals surface area contributed by atoms with Crippen LogP contribution in [0.1, 0.15) is 25.0 Å². The van der Waals surface area contributed by atoms with Crippen LogP contribution in [0, 0.1) is 5.41 Å². The maximum absolute atomic E-state index is 12.0. The van der Waals surface area contributed by atoms with Crippen LogP contribution < -0.4 is 21.8 Å². The summed E-state index contributed by atoms with van der Waals surface area (Å²) in [5.41, 5.74) is 16.5. The van der Waals surface area contributed by atoms with Crippen molar-refractivity contribution >= 4 is 48.2 Å². The Morgan fingerprint density at radius 1 is 1.27 bits per heavy atom. The van der Waals surface area contributed by atoms with Crippen LogP contribution in [0.15, 0.2) is 12.1 Å². The summed E-state index contributed by atoms with van der Waals surface area (Å²) < 4.78 is 0. The van der Waals surface area contributed by atoms with E-state index in [9.17, 15) is 4.79 Å². The number of nitrogen functional groups attached to an aromatic ring is 1. The van der Waals surface area contributed by atoms with E-state index in [-0.39, 0.29) is 30.8 Å². The molecule has 1 aromatic rings. The van der Waals surface area contributed by atoms with E-state index in [0.29, 0.717) is 24.2 Å². The first kappa shape index (κ1) is 22.6. The zero-order valence-corrected chi connectivity index (χ0v) is 14.4. The number of hydrogen-bond acceptors (Lipinski definition) is 4. The lowest BCUT2D eigenvalue weighted by atomic mass is 10.0. The van der Waals surface area contributed by atoms with Gasteiger partial charge in [-0.3, -0.25) is 10.2 Å². The second kappa shape index (κ2) is 10.1. The Kier molecular flexibility index (Phi) is 10.4. The van der Waals surface area contributed by atoms with Gasteiger partial charge in [-0.05, 0) is 36.1 Å². The van der Waals surface area contributed by atoms with Gasteiger partial charge in [-0.25, -0.2) is 15.2 Å². The van der Waals surface area contributed by atoms with Crippen molar-refractivity contribution in [3.8, 4) is 0 Å². The van der Waals surface area contributed by atoms with Gasteiger partial charge < -0.3 is 11.5 Å². The molecule has 0 spiro atoms. The van der Waals surface area contributed by atoms with Gasteiger partial charge in [0.05, 0.1) is 12.8 Å². The molecule has 0 aliphatic heterocycles. The molecule has 0 saturated carbocycles. The number of nitrogens with two attached hydrogens (primary N) is 2. The molecular weight excluding hydrogens is 329 g/mol. The molecule has 126 valence electrons. The fourth-order valence-electron chi connectivity index (χ4n) is 2.08. The largest absolute Gasteiger partial charge is 0.399 e. The Morgan fingerprint density at radius 2 is 1.73 bits per heavy atom. The molecule has 0 bridgehead atoms. The van der Waals surface area contributed by atoms with E-state index in [0.717, 1.165) is 16.0 Å². The number of hydroxylamine groups is 1. The third kappa shape index (κ3) is 4.94. The van der Waals surface area contributed by atoms with E-state index in [2.05, 4.69) is 10.3 Å². The smallest absolute Gasteiger partial charge is 0.352 e. The van der Waals surface area contributed by atoms with Crippen LogP contribution in [-0.2, 0) is 17.7 Å². The van der Waals surface area contributed by atoms with Gasteiger partial charge in [-0.15, -0.1) is 24.8 Å². The summed E-state index contributed by atoms with van der Waals surface area (Å²) in [5, 5.41) is 7.65. The predicted octanol–water partition coefficient (Wildman–Crippen LogP) is 2.21. The summed E-state index contributed by atoms with van der Waals surface area (Å²) in [6, 6.07) is 2.95. The highest BCUT2D eigenvalue weighted by Gasteiger charge is 2.24. The molecule has 9 heteroatoms. The molecule has 2 amide bonds. The molecule has 1 aromatic carbocycles. The van der Waals surface area contributed by atoms with Crippen LogP contribution in [0.4, 0.5) is 16.2 Å². The van der Waals surface area contributed by atoms with Gasteiger partial charge in [0.15, 0.2) is 0 Å². The number of urea groups is 1. The van der Waals surface area contributed by atoms with Crippen molar-refractivity contribution in [1.29, 1.82) is 5.41 Å². The van der Waals surface area contributed by atoms with E-state index in [1.54, 1.807) is 12.1 Å². The van der Waals surface area contributed by atoms with Crippen LogP contribution in [0.3, 0.4) is 0 Å². The number of hydrogen-bond donors (Lipinski definition) is 4. The van der Waals surface area contributed by atoms with Gasteiger partial charge in [0.2, 0.25) is 5.96 Å². The van der Waals surface area contributed by atoms with E-state index >= 15 is 0 Å². The quantitative estimate of drug-likeness (QED) is 0.288. The molecule has 6 N–H and O–H groups in total. The average molecular weight is 352 g/mol. The minimum Gasteiger partial charge on any atom is -0.399 e. The number of halogens is 2. The molecule has 0 aliphatic rings. The lowest BCUT2D eigenvalue weighted by Gasteiger charge is -2.26. The SMILES string of the molecule is CCc1cc(N)cc(CC)c1N(C(=N)N)C(=O)NOC.Cl.Cl. The Bertz CT molecular complexity index is 500. The third-order valence-corrected chi connectivity index (χ3v) is 2.91. The van der Waals surface area contributed by atoms with Gasteiger partial charge >= 0.3 is 6.03 Å². The molecule has 0 radical (unpaired) electrons. The highest BCUT2D eigenvalue weighted by molar-refractivity contribution is 6.14. The van der Waals surface area contributed by atoms with Gasteiger partial charge in [0.1, 0.15) is 0 Å². The predicted molar refractivity (Wildman–Crippen MR) is 94.0 cm³/mol. The molecule has 22 heavy (non-hydrogen) atoms. The van der Waals surface area contributed by atoms with Crippen LogP contribution >= 0.6 is 24.8 Å². The fraction of sp³-hybridized carbons (Fsp3) is 0.385. The molecular formula is C13H23Cl2N5O2. The van der Waals surface area contributed by atoms with Crippen molar-refractivity contribution < 1.29 is 9.63 Å². The lowest BCUT2D eigenvalue weighted by Crippen LogP contribution is -2.47. The summed E-state index contributed by atoms with van der Waals surface area (Å²) in [4.78, 5) is 17.7. The van der Waals surface area contributed by atoms with Crippen LogP contribution in [0.25, 0.3) is 0 Å². The van der Waals surface area contributed by atoms with Crippen molar-refractivity contribution in [2.75, 3.05) is 17.7 Å². The molecule has 0 unspecified atom stereocenters. The Balaban J connectivity index is 0. The normalized spacial score (nSPS) is 9.23. The number of rotatable bonds is 4. The zero-order valence-electron chi connectivity index (χ0n) is 12.8. The van der Waals surface area contributed by atoms with Gasteiger partial charge in [-0.2, -0.15) is 0 Å². The van der Waals surface area contributed by atoms with E-state index in [4.69, 9.17) is 16.9 Å². The topological polar surface area (TPSA) is 117 Å². The average Bonchev–Trinajstić information content (AvgIpc) is 2.39. The Hall–Kier alpha value is -1.70. The molecule has 0 atom stereocenters. The highest BCUT2D eigenvalue weighted by atomic mass is 35.5. The number of nitrogens with zero attached hydrogens (tertiary/aromatic N) is 1. The molecule has 7 nitrogen and oxygen atoms in total. The number of guanidine groups is 1. The van der Waals surface area contributed by atoms with Crippen molar-refractivity contribution in [1.82, 2.24) is 5.48 Å². The molecule has 0 heterocycles. The van der Waals surface area contributed by atoms with Crippen molar-refractivity contribution in [2.24, 2.45) is 5.73 Å². The molecule has 1 rings (SSSR count). The summed E-state index contributed by atoms with van der Waals surface area (Å²) in [7, 11) is 1.32. The summed E-state index contributed by atoms with van der Waals surface area (Å²) in [6.07, 6.45) is 1.33. The lowest BCUT2D eigenvalue weighted by molar-refractivity contribution is 0.112. The van der Waals surface area contributed by atoms with Gasteiger partial charge in [0, 0.05) is 5.69 Å². The van der Waals surface area contributed by atoms with Crippen LogP contribution in [-0.4, -0.2) is 19.1 Å². The van der Waals surface area contributed by atoms with Crippen molar-refractivity contribution in [2.45, 2.75) is 26.7 Å².